The molecular weight excluding hydrogens is 336 g/mol. The first-order valence-corrected chi connectivity index (χ1v) is 9.25. The van der Waals surface area contributed by atoms with Crippen LogP contribution in [0.2, 0.25) is 0 Å². The Balaban J connectivity index is 1.86. The molecule has 27 heavy (non-hydrogen) atoms. The van der Waals surface area contributed by atoms with Gasteiger partial charge in [-0.25, -0.2) is 9.67 Å². The molecule has 1 fully saturated rings. The number of hydrogen-bond donors (Lipinski definition) is 2. The van der Waals surface area contributed by atoms with Gasteiger partial charge < -0.3 is 11.1 Å². The van der Waals surface area contributed by atoms with E-state index in [1.807, 2.05) is 16.9 Å². The predicted molar refractivity (Wildman–Crippen MR) is 103 cm³/mol. The topological polar surface area (TPSA) is 92.5 Å². The van der Waals surface area contributed by atoms with Crippen LogP contribution in [0.3, 0.4) is 0 Å². The van der Waals surface area contributed by atoms with E-state index in [0.29, 0.717) is 17.4 Å². The van der Waals surface area contributed by atoms with E-state index in [1.54, 1.807) is 6.20 Å². The van der Waals surface area contributed by atoms with Crippen molar-refractivity contribution in [3.05, 3.63) is 59.0 Å². The minimum Gasteiger partial charge on any atom is -0.383 e. The molecule has 0 radical (unpaired) electrons. The molecule has 2 aromatic heterocycles. The first-order chi connectivity index (χ1) is 13.2. The largest absolute Gasteiger partial charge is 0.383 e. The zero-order valence-corrected chi connectivity index (χ0v) is 15.1. The number of nitrogens with zero attached hydrogens (tertiary/aromatic N) is 4. The summed E-state index contributed by atoms with van der Waals surface area (Å²) in [5, 5.41) is 18.0. The van der Waals surface area contributed by atoms with Crippen LogP contribution in [-0.2, 0) is 6.42 Å². The average Bonchev–Trinajstić information content (AvgIpc) is 3.31. The van der Waals surface area contributed by atoms with Crippen LogP contribution >= 0.6 is 0 Å². The van der Waals surface area contributed by atoms with Crippen LogP contribution < -0.4 is 11.1 Å². The summed E-state index contributed by atoms with van der Waals surface area (Å²) in [5.74, 6) is 0.320. The second-order valence-electron chi connectivity index (χ2n) is 7.39. The fraction of sp³-hybridized carbons (Fsp3) is 0.286. The molecule has 3 aromatic rings. The van der Waals surface area contributed by atoms with Crippen LogP contribution in [-0.4, -0.2) is 20.8 Å². The van der Waals surface area contributed by atoms with Gasteiger partial charge in [-0.05, 0) is 38.0 Å². The number of pyridine rings is 1. The second-order valence-corrected chi connectivity index (χ2v) is 7.39. The summed E-state index contributed by atoms with van der Waals surface area (Å²) in [5.41, 5.74) is 12.8. The minimum absolute atomic E-state index is 0.222. The van der Waals surface area contributed by atoms with Crippen LogP contribution in [0.1, 0.15) is 41.3 Å². The number of hydrogen-bond acceptors (Lipinski definition) is 5. The molecule has 1 saturated heterocycles. The number of nitrogen functional groups attached to an aromatic ring is 1. The number of nitriles is 1. The van der Waals surface area contributed by atoms with Crippen molar-refractivity contribution in [3.8, 4) is 22.9 Å². The number of benzene rings is 1. The molecule has 0 aliphatic carbocycles. The van der Waals surface area contributed by atoms with Crippen molar-refractivity contribution in [2.24, 2.45) is 0 Å². The molecule has 6 nitrogen and oxygen atoms in total. The van der Waals surface area contributed by atoms with E-state index in [9.17, 15) is 5.26 Å². The van der Waals surface area contributed by atoms with Crippen LogP contribution in [0.25, 0.3) is 16.8 Å². The van der Waals surface area contributed by atoms with Crippen molar-refractivity contribution in [3.63, 3.8) is 0 Å². The van der Waals surface area contributed by atoms with Crippen molar-refractivity contribution >= 4 is 5.82 Å². The fourth-order valence-corrected chi connectivity index (χ4v) is 4.49. The summed E-state index contributed by atoms with van der Waals surface area (Å²) >= 11 is 0. The lowest BCUT2D eigenvalue weighted by molar-refractivity contribution is 0.508. The van der Waals surface area contributed by atoms with E-state index in [1.165, 1.54) is 0 Å². The average molecular weight is 356 g/mol. The van der Waals surface area contributed by atoms with Gasteiger partial charge in [0.05, 0.1) is 5.69 Å². The molecule has 2 bridgehead atoms. The lowest BCUT2D eigenvalue weighted by Crippen LogP contribution is -2.33. The summed E-state index contributed by atoms with van der Waals surface area (Å²) in [4.78, 5) is 4.62. The highest BCUT2D eigenvalue weighted by Gasteiger charge is 2.37. The smallest absolute Gasteiger partial charge is 0.142 e. The third kappa shape index (κ3) is 2.43. The zero-order chi connectivity index (χ0) is 18.5. The van der Waals surface area contributed by atoms with Gasteiger partial charge in [-0.3, -0.25) is 0 Å². The van der Waals surface area contributed by atoms with Gasteiger partial charge >= 0.3 is 0 Å². The highest BCUT2D eigenvalue weighted by molar-refractivity contribution is 5.85. The first-order valence-electron chi connectivity index (χ1n) is 9.25. The minimum atomic E-state index is 0.222. The monoisotopic (exact) mass is 356 g/mol. The Labute approximate surface area is 157 Å². The van der Waals surface area contributed by atoms with Gasteiger partial charge in [0.15, 0.2) is 0 Å². The van der Waals surface area contributed by atoms with Gasteiger partial charge in [0.25, 0.3) is 0 Å². The van der Waals surface area contributed by atoms with Gasteiger partial charge in [-0.15, -0.1) is 0 Å². The van der Waals surface area contributed by atoms with E-state index < -0.39 is 0 Å². The number of rotatable bonds is 2. The maximum Gasteiger partial charge on any atom is 0.142 e. The van der Waals surface area contributed by atoms with Gasteiger partial charge in [0, 0.05) is 53.3 Å². The summed E-state index contributed by atoms with van der Waals surface area (Å²) in [6, 6.07) is 11.1. The number of aromatic nitrogens is 3. The van der Waals surface area contributed by atoms with Crippen molar-refractivity contribution in [2.75, 3.05) is 5.73 Å². The maximum atomic E-state index is 9.91. The quantitative estimate of drug-likeness (QED) is 0.736. The lowest BCUT2D eigenvalue weighted by Gasteiger charge is -2.28. The summed E-state index contributed by atoms with van der Waals surface area (Å²) in [6.07, 6.45) is 6.72. The number of nitrogens with two attached hydrogens (primary N) is 1. The summed E-state index contributed by atoms with van der Waals surface area (Å²) < 4.78 is 1.84. The Morgan fingerprint density at radius 1 is 1.33 bits per heavy atom. The van der Waals surface area contributed by atoms with Crippen molar-refractivity contribution in [1.29, 1.82) is 5.26 Å². The lowest BCUT2D eigenvalue weighted by atomic mass is 9.86. The molecule has 3 N–H and O–H groups in total. The molecule has 134 valence electrons. The normalized spacial score (nSPS) is 20.3. The Bertz CT molecular complexity index is 1080. The van der Waals surface area contributed by atoms with E-state index in [0.717, 1.165) is 52.9 Å². The highest BCUT2D eigenvalue weighted by atomic mass is 15.3. The molecule has 6 heteroatoms. The van der Waals surface area contributed by atoms with Gasteiger partial charge in [-0.2, -0.15) is 10.4 Å². The first kappa shape index (κ1) is 16.0. The van der Waals surface area contributed by atoms with Crippen molar-refractivity contribution in [2.45, 2.75) is 38.3 Å². The SMILES string of the molecule is Cc1ccc(-n2cccn2)c(-c2c(C#N)c(N)nc3c2[C@H]2CC[C@@H](C3)N2)c1. The van der Waals surface area contributed by atoms with E-state index in [2.05, 4.69) is 46.6 Å². The number of nitrogens with one attached hydrogen (secondary N) is 1. The van der Waals surface area contributed by atoms with Crippen molar-refractivity contribution < 1.29 is 0 Å². The summed E-state index contributed by atoms with van der Waals surface area (Å²) in [6.45, 7) is 2.06. The summed E-state index contributed by atoms with van der Waals surface area (Å²) in [7, 11) is 0. The Morgan fingerprint density at radius 3 is 3.00 bits per heavy atom. The highest BCUT2D eigenvalue weighted by Crippen LogP contribution is 2.44. The van der Waals surface area contributed by atoms with Crippen LogP contribution in [0.15, 0.2) is 36.7 Å². The third-order valence-corrected chi connectivity index (χ3v) is 5.66. The van der Waals surface area contributed by atoms with Crippen molar-refractivity contribution in [1.82, 2.24) is 20.1 Å². The Kier molecular flexibility index (Phi) is 3.52. The molecule has 2 aliphatic rings. The predicted octanol–water partition coefficient (Wildman–Crippen LogP) is 3.05. The fourth-order valence-electron chi connectivity index (χ4n) is 4.49. The van der Waals surface area contributed by atoms with Crippen LogP contribution in [0.4, 0.5) is 5.82 Å². The Morgan fingerprint density at radius 2 is 2.22 bits per heavy atom. The standard InChI is InChI=1S/C21H20N6/c1-12-3-6-18(27-8-2-7-24-27)14(9-12)19-15(11-22)21(23)26-17-10-13-4-5-16(25-13)20(17)19/h2-3,6-9,13,16,25H,4-5,10H2,1H3,(H2,23,26)/t13-,16+/m0/s1. The van der Waals surface area contributed by atoms with E-state index in [4.69, 9.17) is 5.73 Å². The molecule has 5 rings (SSSR count). The van der Waals surface area contributed by atoms with Gasteiger partial charge in [-0.1, -0.05) is 11.6 Å². The molecule has 2 atom stereocenters. The molecular formula is C21H20N6. The Hall–Kier alpha value is -3.17. The molecule has 0 amide bonds. The molecule has 0 spiro atoms. The molecule has 4 heterocycles. The maximum absolute atomic E-state index is 9.91. The van der Waals surface area contributed by atoms with Crippen LogP contribution in [0.5, 0.6) is 0 Å². The van der Waals surface area contributed by atoms with E-state index in [-0.39, 0.29) is 6.04 Å². The van der Waals surface area contributed by atoms with Crippen LogP contribution in [0, 0.1) is 18.3 Å². The zero-order valence-electron chi connectivity index (χ0n) is 15.1. The van der Waals surface area contributed by atoms with E-state index >= 15 is 0 Å². The van der Waals surface area contributed by atoms with Gasteiger partial charge in [0.1, 0.15) is 17.5 Å². The van der Waals surface area contributed by atoms with Gasteiger partial charge in [0.2, 0.25) is 0 Å². The number of fused-ring (bicyclic) bond motifs is 4. The number of aryl methyl sites for hydroxylation is 1. The molecule has 0 saturated carbocycles. The molecule has 2 aliphatic heterocycles. The second kappa shape index (κ2) is 5.93. The third-order valence-electron chi connectivity index (χ3n) is 5.66. The molecule has 1 aromatic carbocycles. The number of anilines is 1. The molecule has 0 unspecified atom stereocenters.